The van der Waals surface area contributed by atoms with E-state index in [2.05, 4.69) is 27.7 Å². The lowest BCUT2D eigenvalue weighted by molar-refractivity contribution is -0.160. The van der Waals surface area contributed by atoms with Gasteiger partial charge in [-0.15, -0.1) is 0 Å². The molecule has 0 aliphatic heterocycles. The van der Waals surface area contributed by atoms with E-state index in [1.54, 1.807) is 0 Å². The zero-order chi connectivity index (χ0) is 25.9. The van der Waals surface area contributed by atoms with E-state index in [-0.39, 0.29) is 23.9 Å². The molecule has 0 aromatic carbocycles. The standard InChI is InChI=1S/C31H58O4/c1-5-7-14-19-26(17-6-2)29(20-16-13-11-9-8-10-12-15-18-25(3)4)35-31(34)28-23-21-27(22-24-28)30(32)33/h25-29H,5-24H2,1-4H3,(H,32,33). The van der Waals surface area contributed by atoms with Crippen molar-refractivity contribution in [2.45, 2.75) is 162 Å². The fraction of sp³-hybridized carbons (Fsp3) is 0.935. The highest BCUT2D eigenvalue weighted by Crippen LogP contribution is 2.32. The summed E-state index contributed by atoms with van der Waals surface area (Å²) in [5.74, 6) is 0.122. The van der Waals surface area contributed by atoms with Crippen LogP contribution >= 0.6 is 0 Å². The summed E-state index contributed by atoms with van der Waals surface area (Å²) in [6.45, 7) is 9.09. The Labute approximate surface area is 217 Å². The van der Waals surface area contributed by atoms with Gasteiger partial charge in [0.25, 0.3) is 0 Å². The van der Waals surface area contributed by atoms with Crippen LogP contribution in [0.2, 0.25) is 0 Å². The van der Waals surface area contributed by atoms with E-state index in [9.17, 15) is 14.7 Å². The van der Waals surface area contributed by atoms with E-state index in [0.717, 1.165) is 38.0 Å². The second kappa shape index (κ2) is 20.0. The van der Waals surface area contributed by atoms with Crippen molar-refractivity contribution in [3.8, 4) is 0 Å². The average molecular weight is 495 g/mol. The van der Waals surface area contributed by atoms with Gasteiger partial charge in [-0.1, -0.05) is 105 Å². The molecule has 2 atom stereocenters. The number of aliphatic carboxylic acids is 1. The van der Waals surface area contributed by atoms with Gasteiger partial charge in [-0.3, -0.25) is 9.59 Å². The molecular formula is C31H58O4. The Kier molecular flexibility index (Phi) is 18.3. The van der Waals surface area contributed by atoms with E-state index >= 15 is 0 Å². The van der Waals surface area contributed by atoms with Crippen LogP contribution in [0.5, 0.6) is 0 Å². The predicted octanol–water partition coefficient (Wildman–Crippen LogP) is 9.34. The number of unbranched alkanes of at least 4 members (excludes halogenated alkanes) is 9. The van der Waals surface area contributed by atoms with E-state index in [0.29, 0.717) is 31.6 Å². The molecule has 0 spiro atoms. The number of rotatable bonds is 21. The highest BCUT2D eigenvalue weighted by atomic mass is 16.5. The minimum Gasteiger partial charge on any atom is -0.481 e. The lowest BCUT2D eigenvalue weighted by Gasteiger charge is -2.31. The van der Waals surface area contributed by atoms with Gasteiger partial charge < -0.3 is 9.84 Å². The normalized spacial score (nSPS) is 20.0. The third-order valence-electron chi connectivity index (χ3n) is 8.06. The number of carboxylic acid groups (broad SMARTS) is 1. The molecule has 206 valence electrons. The summed E-state index contributed by atoms with van der Waals surface area (Å²) in [7, 11) is 0. The number of carbonyl (C=O) groups is 2. The number of carboxylic acids is 1. The van der Waals surface area contributed by atoms with Crippen molar-refractivity contribution in [1.29, 1.82) is 0 Å². The van der Waals surface area contributed by atoms with Crippen LogP contribution in [0.15, 0.2) is 0 Å². The van der Waals surface area contributed by atoms with Crippen molar-refractivity contribution in [2.24, 2.45) is 23.7 Å². The molecule has 4 heteroatoms. The van der Waals surface area contributed by atoms with Crippen LogP contribution in [-0.4, -0.2) is 23.1 Å². The zero-order valence-electron chi connectivity index (χ0n) is 23.7. The third kappa shape index (κ3) is 14.9. The fourth-order valence-corrected chi connectivity index (χ4v) is 5.71. The van der Waals surface area contributed by atoms with Crippen molar-refractivity contribution >= 4 is 11.9 Å². The summed E-state index contributed by atoms with van der Waals surface area (Å²) in [6, 6.07) is 0. The van der Waals surface area contributed by atoms with E-state index in [1.165, 1.54) is 70.6 Å². The number of carbonyl (C=O) groups excluding carboxylic acids is 1. The smallest absolute Gasteiger partial charge is 0.309 e. The van der Waals surface area contributed by atoms with Crippen LogP contribution in [0.25, 0.3) is 0 Å². The van der Waals surface area contributed by atoms with Gasteiger partial charge in [0.2, 0.25) is 0 Å². The first-order chi connectivity index (χ1) is 16.9. The molecule has 1 rings (SSSR count). The second-order valence-corrected chi connectivity index (χ2v) is 11.7. The van der Waals surface area contributed by atoms with Crippen molar-refractivity contribution in [3.63, 3.8) is 0 Å². The van der Waals surface area contributed by atoms with Gasteiger partial charge in [0.05, 0.1) is 11.8 Å². The summed E-state index contributed by atoms with van der Waals surface area (Å²) in [6.07, 6.45) is 22.5. The maximum atomic E-state index is 13.1. The molecule has 2 unspecified atom stereocenters. The summed E-state index contributed by atoms with van der Waals surface area (Å²) >= 11 is 0. The van der Waals surface area contributed by atoms with Crippen LogP contribution in [0, 0.1) is 23.7 Å². The molecule has 0 heterocycles. The van der Waals surface area contributed by atoms with Gasteiger partial charge in [0.15, 0.2) is 0 Å². The lowest BCUT2D eigenvalue weighted by atomic mass is 9.82. The number of hydrogen-bond donors (Lipinski definition) is 1. The lowest BCUT2D eigenvalue weighted by Crippen LogP contribution is -2.33. The number of ether oxygens (including phenoxy) is 1. The number of esters is 1. The van der Waals surface area contributed by atoms with Crippen LogP contribution < -0.4 is 0 Å². The maximum Gasteiger partial charge on any atom is 0.309 e. The quantitative estimate of drug-likeness (QED) is 0.127. The Morgan fingerprint density at radius 1 is 0.686 bits per heavy atom. The van der Waals surface area contributed by atoms with Crippen molar-refractivity contribution in [3.05, 3.63) is 0 Å². The minimum absolute atomic E-state index is 0.0348. The molecular weight excluding hydrogens is 436 g/mol. The van der Waals surface area contributed by atoms with Gasteiger partial charge in [-0.05, 0) is 63.2 Å². The molecule has 0 aromatic rings. The first kappa shape index (κ1) is 32.0. The average Bonchev–Trinajstić information content (AvgIpc) is 2.83. The molecule has 4 nitrogen and oxygen atoms in total. The minimum atomic E-state index is -0.718. The Morgan fingerprint density at radius 3 is 1.71 bits per heavy atom. The Bertz CT molecular complexity index is 536. The van der Waals surface area contributed by atoms with E-state index in [4.69, 9.17) is 4.74 Å². The van der Waals surface area contributed by atoms with Crippen molar-refractivity contribution in [1.82, 2.24) is 0 Å². The Balaban J connectivity index is 2.48. The third-order valence-corrected chi connectivity index (χ3v) is 8.06. The molecule has 1 saturated carbocycles. The van der Waals surface area contributed by atoms with Gasteiger partial charge in [0, 0.05) is 0 Å². The van der Waals surface area contributed by atoms with Gasteiger partial charge >= 0.3 is 11.9 Å². The van der Waals surface area contributed by atoms with Crippen molar-refractivity contribution < 1.29 is 19.4 Å². The van der Waals surface area contributed by atoms with Crippen LogP contribution in [-0.2, 0) is 14.3 Å². The van der Waals surface area contributed by atoms with E-state index in [1.807, 2.05) is 0 Å². The highest BCUT2D eigenvalue weighted by Gasteiger charge is 2.33. The molecule has 1 fully saturated rings. The maximum absolute atomic E-state index is 13.1. The molecule has 35 heavy (non-hydrogen) atoms. The highest BCUT2D eigenvalue weighted by molar-refractivity contribution is 5.74. The predicted molar refractivity (Wildman–Crippen MR) is 147 cm³/mol. The van der Waals surface area contributed by atoms with E-state index < -0.39 is 5.97 Å². The van der Waals surface area contributed by atoms with Crippen molar-refractivity contribution in [2.75, 3.05) is 0 Å². The topological polar surface area (TPSA) is 63.6 Å². The first-order valence-electron chi connectivity index (χ1n) is 15.3. The molecule has 0 amide bonds. The second-order valence-electron chi connectivity index (χ2n) is 11.7. The summed E-state index contributed by atoms with van der Waals surface area (Å²) in [4.78, 5) is 24.3. The Hall–Kier alpha value is -1.06. The largest absolute Gasteiger partial charge is 0.481 e. The Morgan fingerprint density at radius 2 is 1.20 bits per heavy atom. The fourth-order valence-electron chi connectivity index (χ4n) is 5.71. The zero-order valence-corrected chi connectivity index (χ0v) is 23.7. The van der Waals surface area contributed by atoms with Gasteiger partial charge in [-0.25, -0.2) is 0 Å². The van der Waals surface area contributed by atoms with Gasteiger partial charge in [-0.2, -0.15) is 0 Å². The molecule has 0 saturated heterocycles. The molecule has 1 aliphatic carbocycles. The van der Waals surface area contributed by atoms with Crippen LogP contribution in [0.1, 0.15) is 156 Å². The summed E-state index contributed by atoms with van der Waals surface area (Å²) in [5.41, 5.74) is 0. The van der Waals surface area contributed by atoms with Crippen LogP contribution in [0.4, 0.5) is 0 Å². The first-order valence-corrected chi connectivity index (χ1v) is 15.3. The summed E-state index contributed by atoms with van der Waals surface area (Å²) in [5, 5.41) is 9.26. The molecule has 0 aromatic heterocycles. The number of hydrogen-bond acceptors (Lipinski definition) is 3. The van der Waals surface area contributed by atoms with Crippen LogP contribution in [0.3, 0.4) is 0 Å². The monoisotopic (exact) mass is 494 g/mol. The molecule has 0 bridgehead atoms. The van der Waals surface area contributed by atoms with Gasteiger partial charge in [0.1, 0.15) is 6.10 Å². The molecule has 0 radical (unpaired) electrons. The molecule has 1 aliphatic rings. The summed E-state index contributed by atoms with van der Waals surface area (Å²) < 4.78 is 6.24. The SMILES string of the molecule is CCCCCC(CCC)C(CCCCCCCCCCC(C)C)OC(=O)C1CCC(C(=O)O)CC1. The molecule has 1 N–H and O–H groups in total.